The normalized spacial score (nSPS) is 10.8. The number of rotatable bonds is 5. The summed E-state index contributed by atoms with van der Waals surface area (Å²) in [5.74, 6) is 0.0859. The second-order valence-electron chi connectivity index (χ2n) is 7.04. The van der Waals surface area contributed by atoms with E-state index in [2.05, 4.69) is 10.3 Å². The number of pyridine rings is 1. The molecule has 2 aromatic carbocycles. The number of hydrogen-bond acceptors (Lipinski definition) is 5. The quantitative estimate of drug-likeness (QED) is 0.504. The number of anilines is 1. The number of halogens is 1. The van der Waals surface area contributed by atoms with Gasteiger partial charge in [0.25, 0.3) is 5.56 Å². The zero-order chi connectivity index (χ0) is 22.8. The number of nitrogens with zero attached hydrogens (tertiary/aromatic N) is 3. The number of carbonyl (C=O) groups excluding carboxylic acids is 1. The zero-order valence-corrected chi connectivity index (χ0v) is 18.1. The maximum atomic E-state index is 13.3. The van der Waals surface area contributed by atoms with Crippen molar-refractivity contribution < 1.29 is 9.53 Å². The van der Waals surface area contributed by atoms with E-state index in [1.165, 1.54) is 10.8 Å². The van der Waals surface area contributed by atoms with Crippen LogP contribution >= 0.6 is 11.6 Å². The van der Waals surface area contributed by atoms with Crippen LogP contribution in [0.2, 0.25) is 5.02 Å². The lowest BCUT2D eigenvalue weighted by molar-refractivity contribution is -0.116. The molecule has 0 saturated heterocycles. The van der Waals surface area contributed by atoms with Gasteiger partial charge in [-0.3, -0.25) is 9.59 Å². The number of methoxy groups -OCH3 is 1. The standard InChI is InChI=1S/C23H19ClN4O4/c1-14-18(24)6-3-7-19(14)26-20(29)13-27-22(30)17-5-4-12-25-21(17)28(23(27)31)15-8-10-16(32-2)11-9-15/h3-12H,13H2,1-2H3,(H,26,29). The van der Waals surface area contributed by atoms with Crippen LogP contribution in [-0.4, -0.2) is 27.1 Å². The third kappa shape index (κ3) is 3.88. The molecule has 0 bridgehead atoms. The van der Waals surface area contributed by atoms with Gasteiger partial charge in [-0.25, -0.2) is 18.9 Å². The Morgan fingerprint density at radius 3 is 2.56 bits per heavy atom. The fourth-order valence-electron chi connectivity index (χ4n) is 3.37. The SMILES string of the molecule is COc1ccc(-n2c(=O)n(CC(=O)Nc3cccc(Cl)c3C)c(=O)c3cccnc32)cc1. The first-order chi connectivity index (χ1) is 15.4. The van der Waals surface area contributed by atoms with Crippen molar-refractivity contribution in [2.75, 3.05) is 12.4 Å². The lowest BCUT2D eigenvalue weighted by Gasteiger charge is -2.14. The first-order valence-corrected chi connectivity index (χ1v) is 10.1. The number of fused-ring (bicyclic) bond motifs is 1. The minimum Gasteiger partial charge on any atom is -0.497 e. The summed E-state index contributed by atoms with van der Waals surface area (Å²) in [5, 5.41) is 3.43. The average molecular weight is 451 g/mol. The van der Waals surface area contributed by atoms with Crippen molar-refractivity contribution in [2.45, 2.75) is 13.5 Å². The number of aromatic nitrogens is 3. The number of amides is 1. The molecule has 1 amide bonds. The maximum Gasteiger partial charge on any atom is 0.337 e. The van der Waals surface area contributed by atoms with Gasteiger partial charge in [-0.2, -0.15) is 0 Å². The molecule has 0 radical (unpaired) electrons. The molecule has 0 unspecified atom stereocenters. The summed E-state index contributed by atoms with van der Waals surface area (Å²) in [4.78, 5) is 43.3. The van der Waals surface area contributed by atoms with Gasteiger partial charge in [-0.1, -0.05) is 17.7 Å². The van der Waals surface area contributed by atoms with Gasteiger partial charge < -0.3 is 10.1 Å². The monoisotopic (exact) mass is 450 g/mol. The zero-order valence-electron chi connectivity index (χ0n) is 17.3. The summed E-state index contributed by atoms with van der Waals surface area (Å²) in [7, 11) is 1.54. The highest BCUT2D eigenvalue weighted by molar-refractivity contribution is 6.31. The number of carbonyl (C=O) groups is 1. The van der Waals surface area contributed by atoms with Crippen molar-refractivity contribution in [3.63, 3.8) is 0 Å². The third-order valence-electron chi connectivity index (χ3n) is 5.07. The van der Waals surface area contributed by atoms with E-state index in [4.69, 9.17) is 16.3 Å². The minimum atomic E-state index is -0.677. The predicted molar refractivity (Wildman–Crippen MR) is 123 cm³/mol. The van der Waals surface area contributed by atoms with Crippen molar-refractivity contribution in [3.05, 3.63) is 92.2 Å². The molecule has 162 valence electrons. The minimum absolute atomic E-state index is 0.204. The Hall–Kier alpha value is -3.91. The Labute approximate surface area is 187 Å². The fraction of sp³-hybridized carbons (Fsp3) is 0.130. The van der Waals surface area contributed by atoms with Crippen molar-refractivity contribution in [1.82, 2.24) is 14.1 Å². The number of hydrogen-bond donors (Lipinski definition) is 1. The molecule has 0 saturated carbocycles. The first kappa shape index (κ1) is 21.3. The summed E-state index contributed by atoms with van der Waals surface area (Å²) in [5.41, 5.74) is 0.612. The Morgan fingerprint density at radius 1 is 1.09 bits per heavy atom. The Morgan fingerprint density at radius 2 is 1.84 bits per heavy atom. The summed E-state index contributed by atoms with van der Waals surface area (Å²) >= 11 is 6.11. The summed E-state index contributed by atoms with van der Waals surface area (Å²) in [6.07, 6.45) is 1.50. The second-order valence-corrected chi connectivity index (χ2v) is 7.45. The van der Waals surface area contributed by atoms with Crippen molar-refractivity contribution in [3.8, 4) is 11.4 Å². The molecule has 0 aliphatic rings. The summed E-state index contributed by atoms with van der Waals surface area (Å²) in [6, 6.07) is 15.0. The first-order valence-electron chi connectivity index (χ1n) is 9.70. The van der Waals surface area contributed by atoms with Gasteiger partial charge in [0.05, 0.1) is 18.2 Å². The van der Waals surface area contributed by atoms with Crippen LogP contribution in [0, 0.1) is 6.92 Å². The van der Waals surface area contributed by atoms with Crippen LogP contribution < -0.4 is 21.3 Å². The molecule has 0 aliphatic carbocycles. The van der Waals surface area contributed by atoms with Crippen LogP contribution in [-0.2, 0) is 11.3 Å². The molecule has 1 N–H and O–H groups in total. The van der Waals surface area contributed by atoms with Gasteiger partial charge in [0.1, 0.15) is 12.3 Å². The molecule has 0 fully saturated rings. The van der Waals surface area contributed by atoms with Gasteiger partial charge >= 0.3 is 5.69 Å². The molecule has 0 atom stereocenters. The van der Waals surface area contributed by atoms with E-state index >= 15 is 0 Å². The van der Waals surface area contributed by atoms with Gasteiger partial charge in [0.15, 0.2) is 5.65 Å². The highest BCUT2D eigenvalue weighted by atomic mass is 35.5. The van der Waals surface area contributed by atoms with E-state index < -0.39 is 23.7 Å². The molecule has 9 heteroatoms. The van der Waals surface area contributed by atoms with Gasteiger partial charge in [0, 0.05) is 16.9 Å². The lowest BCUT2D eigenvalue weighted by Crippen LogP contribution is -2.42. The van der Waals surface area contributed by atoms with Crippen LogP contribution in [0.3, 0.4) is 0 Å². The fourth-order valence-corrected chi connectivity index (χ4v) is 3.54. The highest BCUT2D eigenvalue weighted by Crippen LogP contribution is 2.23. The molecule has 0 aliphatic heterocycles. The van der Waals surface area contributed by atoms with Gasteiger partial charge in [0.2, 0.25) is 5.91 Å². The van der Waals surface area contributed by atoms with E-state index in [1.54, 1.807) is 68.6 Å². The molecule has 32 heavy (non-hydrogen) atoms. The third-order valence-corrected chi connectivity index (χ3v) is 5.48. The van der Waals surface area contributed by atoms with Crippen LogP contribution in [0.15, 0.2) is 70.4 Å². The van der Waals surface area contributed by atoms with E-state index in [9.17, 15) is 14.4 Å². The van der Waals surface area contributed by atoms with Gasteiger partial charge in [-0.15, -0.1) is 0 Å². The molecule has 2 aromatic heterocycles. The van der Waals surface area contributed by atoms with Crippen molar-refractivity contribution >= 4 is 34.2 Å². The molecule has 8 nitrogen and oxygen atoms in total. The largest absolute Gasteiger partial charge is 0.497 e. The summed E-state index contributed by atoms with van der Waals surface area (Å²) in [6.45, 7) is 1.30. The maximum absolute atomic E-state index is 13.3. The molecule has 4 rings (SSSR count). The Balaban J connectivity index is 1.81. The smallest absolute Gasteiger partial charge is 0.337 e. The lowest BCUT2D eigenvalue weighted by atomic mass is 10.2. The van der Waals surface area contributed by atoms with Crippen molar-refractivity contribution in [1.29, 1.82) is 0 Å². The van der Waals surface area contributed by atoms with E-state index in [0.29, 0.717) is 27.7 Å². The molecule has 0 spiro atoms. The van der Waals surface area contributed by atoms with Crippen LogP contribution in [0.1, 0.15) is 5.56 Å². The second kappa shape index (κ2) is 8.68. The van der Waals surface area contributed by atoms with E-state index in [1.807, 2.05) is 0 Å². The Bertz CT molecular complexity index is 1440. The van der Waals surface area contributed by atoms with Gasteiger partial charge in [-0.05, 0) is 61.0 Å². The summed E-state index contributed by atoms with van der Waals surface area (Å²) < 4.78 is 7.36. The average Bonchev–Trinajstić information content (AvgIpc) is 2.80. The molecular weight excluding hydrogens is 432 g/mol. The molecular formula is C23H19ClN4O4. The van der Waals surface area contributed by atoms with Crippen LogP contribution in [0.5, 0.6) is 5.75 Å². The predicted octanol–water partition coefficient (Wildman–Crippen LogP) is 3.16. The molecule has 2 heterocycles. The topological polar surface area (TPSA) is 95.2 Å². The Kier molecular flexibility index (Phi) is 5.79. The molecule has 4 aromatic rings. The highest BCUT2D eigenvalue weighted by Gasteiger charge is 2.18. The number of benzene rings is 2. The number of nitrogens with one attached hydrogen (secondary N) is 1. The number of ether oxygens (including phenoxy) is 1. The van der Waals surface area contributed by atoms with Crippen LogP contribution in [0.25, 0.3) is 16.7 Å². The van der Waals surface area contributed by atoms with Crippen molar-refractivity contribution in [2.24, 2.45) is 0 Å². The van der Waals surface area contributed by atoms with E-state index in [0.717, 1.165) is 4.57 Å². The van der Waals surface area contributed by atoms with Crippen LogP contribution in [0.4, 0.5) is 5.69 Å². The van der Waals surface area contributed by atoms with E-state index in [-0.39, 0.29) is 11.0 Å².